The largest absolute Gasteiger partial charge is 0.456 e. The molecule has 2 heterocycles. The van der Waals surface area contributed by atoms with Crippen LogP contribution in [-0.4, -0.2) is 4.57 Å². The zero-order valence-electron chi connectivity index (χ0n) is 26.6. The van der Waals surface area contributed by atoms with E-state index in [9.17, 15) is 0 Å². The Morgan fingerprint density at radius 2 is 1.02 bits per heavy atom. The third kappa shape index (κ3) is 4.29. The van der Waals surface area contributed by atoms with E-state index in [2.05, 4.69) is 191 Å². The van der Waals surface area contributed by atoms with E-state index in [1.54, 1.807) is 0 Å². The Hall–Kier alpha value is -6.58. The first kappa shape index (κ1) is 27.5. The lowest BCUT2D eigenvalue weighted by Crippen LogP contribution is -2.09. The Bertz CT molecular complexity index is 2770. The van der Waals surface area contributed by atoms with Crippen molar-refractivity contribution in [3.63, 3.8) is 0 Å². The molecule has 2 aromatic heterocycles. The standard InChI is InChI=1S/C46H30N2O/c1-4-15-32(16-5-1)47(33-17-6-2-7-18-33)42-25-14-26-43-46(42)45-37-23-11-10-21-35(37)38(30-44(45)49-43)31-27-28-41-39(29-31)36-22-12-13-24-40(36)48(41)34-19-8-3-9-20-34/h1-30H. The van der Waals surface area contributed by atoms with E-state index in [1.807, 2.05) is 0 Å². The van der Waals surface area contributed by atoms with Crippen LogP contribution in [0.2, 0.25) is 0 Å². The first-order valence-electron chi connectivity index (χ1n) is 16.7. The summed E-state index contributed by atoms with van der Waals surface area (Å²) in [7, 11) is 0. The second kappa shape index (κ2) is 11.0. The molecule has 10 aromatic rings. The van der Waals surface area contributed by atoms with Crippen LogP contribution in [0, 0.1) is 0 Å². The molecule has 0 spiro atoms. The van der Waals surface area contributed by atoms with Crippen molar-refractivity contribution in [1.29, 1.82) is 0 Å². The summed E-state index contributed by atoms with van der Waals surface area (Å²) in [6.45, 7) is 0. The molecule has 0 N–H and O–H groups in total. The van der Waals surface area contributed by atoms with Gasteiger partial charge in [0.15, 0.2) is 0 Å². The molecule has 230 valence electrons. The molecule has 3 heteroatoms. The van der Waals surface area contributed by atoms with Gasteiger partial charge in [-0.15, -0.1) is 0 Å². The van der Waals surface area contributed by atoms with E-state index in [4.69, 9.17) is 4.42 Å². The molecule has 0 saturated carbocycles. The van der Waals surface area contributed by atoms with Crippen molar-refractivity contribution in [2.75, 3.05) is 4.90 Å². The van der Waals surface area contributed by atoms with E-state index in [1.165, 1.54) is 32.6 Å². The molecular weight excluding hydrogens is 597 g/mol. The fraction of sp³-hybridized carbons (Fsp3) is 0. The molecule has 0 aliphatic heterocycles. The lowest BCUT2D eigenvalue weighted by molar-refractivity contribution is 0.669. The van der Waals surface area contributed by atoms with Gasteiger partial charge >= 0.3 is 0 Å². The molecule has 49 heavy (non-hydrogen) atoms. The molecule has 8 aromatic carbocycles. The molecular formula is C46H30N2O. The van der Waals surface area contributed by atoms with Gasteiger partial charge in [0.1, 0.15) is 11.2 Å². The number of anilines is 3. The van der Waals surface area contributed by atoms with Gasteiger partial charge in [0.05, 0.1) is 22.1 Å². The topological polar surface area (TPSA) is 21.3 Å². The normalized spacial score (nSPS) is 11.7. The van der Waals surface area contributed by atoms with Crippen LogP contribution >= 0.6 is 0 Å². The van der Waals surface area contributed by atoms with Gasteiger partial charge in [0, 0.05) is 33.2 Å². The number of para-hydroxylation sites is 4. The van der Waals surface area contributed by atoms with Crippen LogP contribution in [-0.2, 0) is 0 Å². The number of rotatable bonds is 5. The average molecular weight is 627 g/mol. The minimum Gasteiger partial charge on any atom is -0.456 e. The van der Waals surface area contributed by atoms with Gasteiger partial charge in [-0.05, 0) is 94.7 Å². The minimum absolute atomic E-state index is 0.869. The molecule has 0 unspecified atom stereocenters. The number of fused-ring (bicyclic) bond motifs is 8. The molecule has 0 fully saturated rings. The maximum absolute atomic E-state index is 6.77. The first-order valence-corrected chi connectivity index (χ1v) is 16.7. The monoisotopic (exact) mass is 626 g/mol. The van der Waals surface area contributed by atoms with E-state index in [0.717, 1.165) is 55.8 Å². The van der Waals surface area contributed by atoms with Crippen LogP contribution < -0.4 is 4.90 Å². The maximum Gasteiger partial charge on any atom is 0.137 e. The molecule has 0 amide bonds. The maximum atomic E-state index is 6.77. The van der Waals surface area contributed by atoms with E-state index in [0.29, 0.717) is 0 Å². The van der Waals surface area contributed by atoms with Gasteiger partial charge < -0.3 is 13.9 Å². The summed E-state index contributed by atoms with van der Waals surface area (Å²) in [5.41, 5.74) is 10.9. The predicted molar refractivity (Wildman–Crippen MR) is 206 cm³/mol. The summed E-state index contributed by atoms with van der Waals surface area (Å²) in [5.74, 6) is 0. The molecule has 3 nitrogen and oxygen atoms in total. The van der Waals surface area contributed by atoms with Crippen LogP contribution in [0.3, 0.4) is 0 Å². The van der Waals surface area contributed by atoms with Crippen molar-refractivity contribution in [3.8, 4) is 16.8 Å². The molecule has 0 aliphatic rings. The zero-order chi connectivity index (χ0) is 32.3. The van der Waals surface area contributed by atoms with Crippen molar-refractivity contribution in [3.05, 3.63) is 182 Å². The Kier molecular flexibility index (Phi) is 6.18. The second-order valence-corrected chi connectivity index (χ2v) is 12.5. The van der Waals surface area contributed by atoms with Crippen molar-refractivity contribution in [2.45, 2.75) is 0 Å². The number of hydrogen-bond acceptors (Lipinski definition) is 2. The SMILES string of the molecule is c1ccc(N(c2ccccc2)c2cccc3oc4cc(-c5ccc6c(c5)c5ccccc5n6-c5ccccc5)c5ccccc5c4c23)cc1. The molecule has 0 atom stereocenters. The second-order valence-electron chi connectivity index (χ2n) is 12.5. The van der Waals surface area contributed by atoms with E-state index < -0.39 is 0 Å². The van der Waals surface area contributed by atoms with Crippen LogP contribution in [0.15, 0.2) is 186 Å². The van der Waals surface area contributed by atoms with Crippen LogP contribution in [0.1, 0.15) is 0 Å². The van der Waals surface area contributed by atoms with Gasteiger partial charge in [0.2, 0.25) is 0 Å². The fourth-order valence-electron chi connectivity index (χ4n) is 7.66. The number of aromatic nitrogens is 1. The van der Waals surface area contributed by atoms with Gasteiger partial charge in [-0.3, -0.25) is 0 Å². The molecule has 10 rings (SSSR count). The van der Waals surface area contributed by atoms with Crippen LogP contribution in [0.4, 0.5) is 17.1 Å². The third-order valence-corrected chi connectivity index (χ3v) is 9.75. The summed E-state index contributed by atoms with van der Waals surface area (Å²) in [6, 6.07) is 64.7. The summed E-state index contributed by atoms with van der Waals surface area (Å²) in [6.07, 6.45) is 0. The molecule has 0 bridgehead atoms. The summed E-state index contributed by atoms with van der Waals surface area (Å²) in [4.78, 5) is 2.33. The number of hydrogen-bond donors (Lipinski definition) is 0. The molecule has 0 aliphatic carbocycles. The van der Waals surface area contributed by atoms with Crippen molar-refractivity contribution in [1.82, 2.24) is 4.57 Å². The summed E-state index contributed by atoms with van der Waals surface area (Å²) < 4.78 is 9.14. The van der Waals surface area contributed by atoms with Crippen molar-refractivity contribution < 1.29 is 4.42 Å². The number of furan rings is 1. The number of nitrogens with zero attached hydrogens (tertiary/aromatic N) is 2. The fourth-order valence-corrected chi connectivity index (χ4v) is 7.66. The highest BCUT2D eigenvalue weighted by atomic mass is 16.3. The highest BCUT2D eigenvalue weighted by Crippen LogP contribution is 2.47. The molecule has 0 saturated heterocycles. The van der Waals surface area contributed by atoms with Gasteiger partial charge in [-0.2, -0.15) is 0 Å². The highest BCUT2D eigenvalue weighted by molar-refractivity contribution is 6.26. The molecule has 0 radical (unpaired) electrons. The highest BCUT2D eigenvalue weighted by Gasteiger charge is 2.22. The van der Waals surface area contributed by atoms with Gasteiger partial charge in [0.25, 0.3) is 0 Å². The van der Waals surface area contributed by atoms with E-state index >= 15 is 0 Å². The first-order chi connectivity index (χ1) is 24.3. The summed E-state index contributed by atoms with van der Waals surface area (Å²) >= 11 is 0. The van der Waals surface area contributed by atoms with E-state index in [-0.39, 0.29) is 0 Å². The lowest BCUT2D eigenvalue weighted by Gasteiger charge is -2.26. The third-order valence-electron chi connectivity index (χ3n) is 9.75. The smallest absolute Gasteiger partial charge is 0.137 e. The van der Waals surface area contributed by atoms with Crippen LogP contribution in [0.25, 0.3) is 71.3 Å². The van der Waals surface area contributed by atoms with Gasteiger partial charge in [-0.1, -0.05) is 109 Å². The lowest BCUT2D eigenvalue weighted by atomic mass is 9.93. The van der Waals surface area contributed by atoms with Crippen molar-refractivity contribution >= 4 is 71.6 Å². The zero-order valence-corrected chi connectivity index (χ0v) is 26.6. The van der Waals surface area contributed by atoms with Gasteiger partial charge in [-0.25, -0.2) is 0 Å². The average Bonchev–Trinajstić information content (AvgIpc) is 3.72. The summed E-state index contributed by atoms with van der Waals surface area (Å²) in [5, 5.41) is 7.08. The minimum atomic E-state index is 0.869. The van der Waals surface area contributed by atoms with Crippen LogP contribution in [0.5, 0.6) is 0 Å². The Labute approximate surface area is 283 Å². The van der Waals surface area contributed by atoms with Crippen molar-refractivity contribution in [2.24, 2.45) is 0 Å². The Morgan fingerprint density at radius 1 is 0.408 bits per heavy atom. The Morgan fingerprint density at radius 3 is 1.76 bits per heavy atom. The number of benzene rings is 8. The quantitative estimate of drug-likeness (QED) is 0.190. The Balaban J connectivity index is 1.24. The predicted octanol–water partition coefficient (Wildman–Crippen LogP) is 13.0.